The minimum Gasteiger partial charge on any atom is -0.497 e. The zero-order valence-electron chi connectivity index (χ0n) is 19.2. The maximum Gasteiger partial charge on any atom is 0.119 e. The van der Waals surface area contributed by atoms with Crippen LogP contribution in [0.4, 0.5) is 0 Å². The normalized spacial score (nSPS) is 21.8. The van der Waals surface area contributed by atoms with Gasteiger partial charge in [0, 0.05) is 0 Å². The number of ether oxygens (including phenoxy) is 2. The number of methoxy groups -OCH3 is 2. The highest BCUT2D eigenvalue weighted by atomic mass is 16.5. The van der Waals surface area contributed by atoms with Gasteiger partial charge in [-0.25, -0.2) is 0 Å². The topological polar surface area (TPSA) is 18.5 Å². The molecule has 0 heterocycles. The lowest BCUT2D eigenvalue weighted by molar-refractivity contribution is 0.415. The standard InChI is InChI=1S/C30H28O2/c1-17-13-21-7-5-19-15-23(31-3)9-11-25(19)29(21)27(17)28-18(2)14-22-8-6-20-16-24(32-4)10-12-26(20)30(22)28/h5-12,15-18H,13-14H2,1-4H3/b28-27-. The van der Waals surface area contributed by atoms with Crippen LogP contribution in [0.2, 0.25) is 0 Å². The minimum atomic E-state index is 0.509. The van der Waals surface area contributed by atoms with E-state index in [0.717, 1.165) is 24.3 Å². The van der Waals surface area contributed by atoms with E-state index in [1.165, 1.54) is 43.8 Å². The van der Waals surface area contributed by atoms with Crippen LogP contribution in [0.1, 0.15) is 36.1 Å². The second kappa shape index (κ2) is 7.13. The predicted octanol–water partition coefficient (Wildman–Crippen LogP) is 7.31. The van der Waals surface area contributed by atoms with Gasteiger partial charge in [0.15, 0.2) is 0 Å². The van der Waals surface area contributed by atoms with Crippen molar-refractivity contribution in [2.24, 2.45) is 11.8 Å². The Hall–Kier alpha value is -3.26. The molecule has 2 aliphatic carbocycles. The first-order valence-corrected chi connectivity index (χ1v) is 11.5. The largest absolute Gasteiger partial charge is 0.497 e. The van der Waals surface area contributed by atoms with Gasteiger partial charge < -0.3 is 9.47 Å². The van der Waals surface area contributed by atoms with Crippen molar-refractivity contribution in [2.75, 3.05) is 14.2 Å². The lowest BCUT2D eigenvalue weighted by Gasteiger charge is -2.19. The molecule has 2 atom stereocenters. The zero-order chi connectivity index (χ0) is 22.0. The summed E-state index contributed by atoms with van der Waals surface area (Å²) in [5.41, 5.74) is 8.95. The van der Waals surface area contributed by atoms with Gasteiger partial charge in [0.05, 0.1) is 14.2 Å². The SMILES string of the molecule is COc1ccc2c3c(ccc2c1)CC(C)/C3=C1/c2c(ccc3cc(OC)ccc23)CC1C. The molecule has 2 unspecified atom stereocenters. The first kappa shape index (κ1) is 19.4. The van der Waals surface area contributed by atoms with Crippen LogP contribution in [0, 0.1) is 11.8 Å². The summed E-state index contributed by atoms with van der Waals surface area (Å²) in [7, 11) is 3.47. The number of fused-ring (bicyclic) bond motifs is 6. The third kappa shape index (κ3) is 2.72. The van der Waals surface area contributed by atoms with Crippen molar-refractivity contribution in [3.05, 3.63) is 82.9 Å². The van der Waals surface area contributed by atoms with Crippen LogP contribution in [-0.2, 0) is 12.8 Å². The number of hydrogen-bond acceptors (Lipinski definition) is 2. The fourth-order valence-corrected chi connectivity index (χ4v) is 6.09. The smallest absolute Gasteiger partial charge is 0.119 e. The Morgan fingerprint density at radius 1 is 0.594 bits per heavy atom. The summed E-state index contributed by atoms with van der Waals surface area (Å²) in [4.78, 5) is 0. The van der Waals surface area contributed by atoms with E-state index >= 15 is 0 Å². The predicted molar refractivity (Wildman–Crippen MR) is 134 cm³/mol. The summed E-state index contributed by atoms with van der Waals surface area (Å²) < 4.78 is 11.0. The molecule has 0 saturated heterocycles. The molecule has 0 spiro atoms. The van der Waals surface area contributed by atoms with Gasteiger partial charge in [0.2, 0.25) is 0 Å². The molecule has 0 aromatic heterocycles. The molecule has 32 heavy (non-hydrogen) atoms. The van der Waals surface area contributed by atoms with Crippen LogP contribution in [0.25, 0.3) is 32.7 Å². The van der Waals surface area contributed by atoms with Crippen LogP contribution < -0.4 is 9.47 Å². The van der Waals surface area contributed by atoms with E-state index in [2.05, 4.69) is 74.5 Å². The molecule has 6 rings (SSSR count). The van der Waals surface area contributed by atoms with E-state index in [0.29, 0.717) is 11.8 Å². The summed E-state index contributed by atoms with van der Waals surface area (Å²) in [5.74, 6) is 2.85. The van der Waals surface area contributed by atoms with E-state index in [9.17, 15) is 0 Å². The monoisotopic (exact) mass is 420 g/mol. The van der Waals surface area contributed by atoms with Crippen LogP contribution in [0.5, 0.6) is 11.5 Å². The Morgan fingerprint density at radius 3 is 1.44 bits per heavy atom. The molecule has 2 heteroatoms. The quantitative estimate of drug-likeness (QED) is 0.339. The van der Waals surface area contributed by atoms with Crippen LogP contribution in [0.15, 0.2) is 60.7 Å². The summed E-state index contributed by atoms with van der Waals surface area (Å²) in [6, 6.07) is 22.2. The molecule has 2 aliphatic rings. The van der Waals surface area contributed by atoms with E-state index in [-0.39, 0.29) is 0 Å². The lowest BCUT2D eigenvalue weighted by Crippen LogP contribution is -2.01. The molecule has 0 aliphatic heterocycles. The summed E-state index contributed by atoms with van der Waals surface area (Å²) in [6.07, 6.45) is 2.22. The van der Waals surface area contributed by atoms with Gasteiger partial charge in [-0.05, 0) is 104 Å². The Kier molecular flexibility index (Phi) is 4.33. The maximum absolute atomic E-state index is 5.50. The average Bonchev–Trinajstić information content (AvgIpc) is 3.33. The molecule has 0 radical (unpaired) electrons. The van der Waals surface area contributed by atoms with Gasteiger partial charge in [-0.2, -0.15) is 0 Å². The molecule has 2 nitrogen and oxygen atoms in total. The zero-order valence-corrected chi connectivity index (χ0v) is 19.2. The summed E-state index contributed by atoms with van der Waals surface area (Å²) >= 11 is 0. The fraction of sp³-hybridized carbons (Fsp3) is 0.267. The van der Waals surface area contributed by atoms with Crippen molar-refractivity contribution in [3.8, 4) is 11.5 Å². The highest BCUT2D eigenvalue weighted by Crippen LogP contribution is 2.52. The summed E-state index contributed by atoms with van der Waals surface area (Å²) in [5, 5.41) is 5.20. The summed E-state index contributed by atoms with van der Waals surface area (Å²) in [6.45, 7) is 4.80. The van der Waals surface area contributed by atoms with Gasteiger partial charge in [-0.15, -0.1) is 0 Å². The second-order valence-corrected chi connectivity index (χ2v) is 9.41. The third-order valence-corrected chi connectivity index (χ3v) is 7.49. The highest BCUT2D eigenvalue weighted by Gasteiger charge is 2.35. The van der Waals surface area contributed by atoms with E-state index in [4.69, 9.17) is 9.47 Å². The van der Waals surface area contributed by atoms with Crippen molar-refractivity contribution in [1.29, 1.82) is 0 Å². The molecule has 0 saturated carbocycles. The maximum atomic E-state index is 5.50. The number of hydrogen-bond donors (Lipinski definition) is 0. The number of allylic oxidation sites excluding steroid dienone is 2. The molecule has 0 fully saturated rings. The van der Waals surface area contributed by atoms with Crippen molar-refractivity contribution in [2.45, 2.75) is 26.7 Å². The molecule has 0 N–H and O–H groups in total. The highest BCUT2D eigenvalue weighted by molar-refractivity contribution is 6.10. The van der Waals surface area contributed by atoms with Gasteiger partial charge in [0.1, 0.15) is 11.5 Å². The molecule has 160 valence electrons. The van der Waals surface area contributed by atoms with Crippen molar-refractivity contribution < 1.29 is 9.47 Å². The number of benzene rings is 4. The molecule has 4 aromatic carbocycles. The molecule has 4 aromatic rings. The second-order valence-electron chi connectivity index (χ2n) is 9.41. The van der Waals surface area contributed by atoms with Gasteiger partial charge >= 0.3 is 0 Å². The Balaban J connectivity index is 1.68. The van der Waals surface area contributed by atoms with Crippen molar-refractivity contribution >= 4 is 32.7 Å². The Bertz CT molecular complexity index is 1320. The fourth-order valence-electron chi connectivity index (χ4n) is 6.09. The van der Waals surface area contributed by atoms with Gasteiger partial charge in [-0.3, -0.25) is 0 Å². The third-order valence-electron chi connectivity index (χ3n) is 7.49. The van der Waals surface area contributed by atoms with Gasteiger partial charge in [0.25, 0.3) is 0 Å². The molecule has 0 bridgehead atoms. The van der Waals surface area contributed by atoms with E-state index in [1.807, 2.05) is 0 Å². The molecular formula is C30H28O2. The Labute approximate surface area is 189 Å². The van der Waals surface area contributed by atoms with Crippen LogP contribution >= 0.6 is 0 Å². The first-order chi connectivity index (χ1) is 15.6. The van der Waals surface area contributed by atoms with Crippen LogP contribution in [0.3, 0.4) is 0 Å². The van der Waals surface area contributed by atoms with Gasteiger partial charge in [-0.1, -0.05) is 50.2 Å². The lowest BCUT2D eigenvalue weighted by atomic mass is 9.85. The average molecular weight is 421 g/mol. The molecule has 0 amide bonds. The Morgan fingerprint density at radius 2 is 1.03 bits per heavy atom. The minimum absolute atomic E-state index is 0.509. The molecular weight excluding hydrogens is 392 g/mol. The van der Waals surface area contributed by atoms with Crippen molar-refractivity contribution in [1.82, 2.24) is 0 Å². The van der Waals surface area contributed by atoms with Crippen LogP contribution in [-0.4, -0.2) is 14.2 Å². The van der Waals surface area contributed by atoms with E-state index < -0.39 is 0 Å². The first-order valence-electron chi connectivity index (χ1n) is 11.5. The van der Waals surface area contributed by atoms with E-state index in [1.54, 1.807) is 25.4 Å². The van der Waals surface area contributed by atoms with Crippen molar-refractivity contribution in [3.63, 3.8) is 0 Å². The number of rotatable bonds is 2.